The molecule has 0 saturated carbocycles. The van der Waals surface area contributed by atoms with Gasteiger partial charge < -0.3 is 9.84 Å². The van der Waals surface area contributed by atoms with Crippen LogP contribution in [-0.2, 0) is 9.53 Å². The summed E-state index contributed by atoms with van der Waals surface area (Å²) in [6.07, 6.45) is 1.68. The summed E-state index contributed by atoms with van der Waals surface area (Å²) in [6.45, 7) is 7.54. The molecular weight excluding hydrogens is 160 g/mol. The summed E-state index contributed by atoms with van der Waals surface area (Å²) in [4.78, 5) is 10.1. The van der Waals surface area contributed by atoms with Crippen molar-refractivity contribution in [2.24, 2.45) is 0 Å². The van der Waals surface area contributed by atoms with E-state index in [-0.39, 0.29) is 12.3 Å². The summed E-state index contributed by atoms with van der Waals surface area (Å²) < 4.78 is 5.06. The predicted octanol–water partition coefficient (Wildman–Crippen LogP) is 0.668. The molecule has 0 aliphatic carbocycles. The van der Waals surface area contributed by atoms with Crippen molar-refractivity contribution in [3.63, 3.8) is 0 Å². The molecule has 4 heteroatoms. The second-order valence-electron chi connectivity index (χ2n) is 2.65. The molecule has 0 spiro atoms. The Kier molecular flexibility index (Phi) is 4.81. The minimum atomic E-state index is -0.948. The fourth-order valence-electron chi connectivity index (χ4n) is 0.700. The second kappa shape index (κ2) is 5.09. The Morgan fingerprint density at radius 2 is 2.36 bits per heavy atom. The molecule has 0 aliphatic heterocycles. The van der Waals surface area contributed by atoms with Crippen LogP contribution >= 0.6 is 0 Å². The van der Waals surface area contributed by atoms with E-state index in [1.165, 1.54) is 0 Å². The van der Waals surface area contributed by atoms with Gasteiger partial charge in [0.05, 0.1) is 14.5 Å². The van der Waals surface area contributed by atoms with E-state index in [4.69, 9.17) is 9.84 Å². The molecule has 0 aliphatic rings. The largest absolute Gasteiger partial charge is 0.480 e. The van der Waals surface area contributed by atoms with Crippen LogP contribution in [0.15, 0.2) is 12.7 Å². The average molecular weight is 174 g/mol. The minimum Gasteiger partial charge on any atom is -0.480 e. The topological polar surface area (TPSA) is 46.5 Å². The Bertz CT molecular complexity index is 145. The first-order valence-electron chi connectivity index (χ1n) is 3.54. The van der Waals surface area contributed by atoms with E-state index in [9.17, 15) is 4.79 Å². The molecule has 0 aromatic carbocycles. The molecular formula is C7H14O3Si. The summed E-state index contributed by atoms with van der Waals surface area (Å²) >= 11 is 0. The number of carboxylic acids is 1. The number of ether oxygens (including phenoxy) is 1. The van der Waals surface area contributed by atoms with Crippen molar-refractivity contribution < 1.29 is 14.6 Å². The molecule has 11 heavy (non-hydrogen) atoms. The fourth-order valence-corrected chi connectivity index (χ4v) is 1.73. The maximum absolute atomic E-state index is 10.1. The van der Waals surface area contributed by atoms with E-state index in [0.29, 0.717) is 0 Å². The Morgan fingerprint density at radius 3 is 2.64 bits per heavy atom. The number of hydrogen-bond acceptors (Lipinski definition) is 2. The van der Waals surface area contributed by atoms with Gasteiger partial charge in [-0.25, -0.2) is 4.79 Å². The van der Waals surface area contributed by atoms with Crippen LogP contribution in [0.3, 0.4) is 0 Å². The van der Waals surface area contributed by atoms with Crippen molar-refractivity contribution in [1.29, 1.82) is 0 Å². The lowest BCUT2D eigenvalue weighted by Gasteiger charge is -2.14. The van der Waals surface area contributed by atoms with Gasteiger partial charge in [0.1, 0.15) is 6.61 Å². The van der Waals surface area contributed by atoms with Gasteiger partial charge in [-0.1, -0.05) is 19.2 Å². The van der Waals surface area contributed by atoms with Gasteiger partial charge in [-0.3, -0.25) is 0 Å². The van der Waals surface area contributed by atoms with E-state index >= 15 is 0 Å². The van der Waals surface area contributed by atoms with Gasteiger partial charge in [-0.2, -0.15) is 0 Å². The highest BCUT2D eigenvalue weighted by molar-refractivity contribution is 6.57. The van der Waals surface area contributed by atoms with E-state index in [2.05, 4.69) is 19.7 Å². The smallest absolute Gasteiger partial charge is 0.329 e. The van der Waals surface area contributed by atoms with Gasteiger partial charge in [0, 0.05) is 0 Å². The van der Waals surface area contributed by atoms with Crippen LogP contribution in [0.2, 0.25) is 13.1 Å². The molecule has 0 rings (SSSR count). The fraction of sp³-hybridized carbons (Fsp3) is 0.571. The van der Waals surface area contributed by atoms with Crippen molar-refractivity contribution >= 4 is 14.8 Å². The van der Waals surface area contributed by atoms with Crippen LogP contribution in [0.5, 0.6) is 0 Å². The number of aliphatic carboxylic acids is 1. The minimum absolute atomic E-state index is 0.0221. The molecule has 0 heterocycles. The van der Waals surface area contributed by atoms with Crippen molar-refractivity contribution in [3.05, 3.63) is 12.7 Å². The summed E-state index contributed by atoms with van der Waals surface area (Å²) in [5.74, 6) is -0.925. The molecule has 64 valence electrons. The Labute approximate surface area is 68.3 Å². The summed E-state index contributed by atoms with van der Waals surface area (Å²) in [5.41, 5.74) is -0.0221. The lowest BCUT2D eigenvalue weighted by atomic mass is 10.6. The Balaban J connectivity index is 3.69. The lowest BCUT2D eigenvalue weighted by molar-refractivity contribution is -0.142. The van der Waals surface area contributed by atoms with Crippen molar-refractivity contribution in [2.75, 3.05) is 6.61 Å². The second-order valence-corrected chi connectivity index (χ2v) is 5.79. The van der Waals surface area contributed by atoms with Gasteiger partial charge in [-0.15, -0.1) is 6.58 Å². The molecule has 0 saturated heterocycles. The van der Waals surface area contributed by atoms with E-state index < -0.39 is 14.8 Å². The Hall–Kier alpha value is -0.613. The molecule has 0 aromatic heterocycles. The van der Waals surface area contributed by atoms with Crippen LogP contribution in [0, 0.1) is 0 Å². The van der Waals surface area contributed by atoms with E-state index in [1.807, 2.05) is 0 Å². The summed E-state index contributed by atoms with van der Waals surface area (Å²) in [5, 5.41) is 8.30. The third-order valence-corrected chi connectivity index (χ3v) is 3.07. The molecule has 0 aromatic rings. The van der Waals surface area contributed by atoms with Crippen LogP contribution in [0.25, 0.3) is 0 Å². The van der Waals surface area contributed by atoms with Crippen molar-refractivity contribution in [1.82, 2.24) is 0 Å². The van der Waals surface area contributed by atoms with Gasteiger partial charge in [0.2, 0.25) is 0 Å². The number of hydrogen-bond donors (Lipinski definition) is 1. The van der Waals surface area contributed by atoms with Crippen LogP contribution < -0.4 is 0 Å². The average Bonchev–Trinajstić information content (AvgIpc) is 1.87. The highest BCUT2D eigenvalue weighted by atomic mass is 28.3. The molecule has 3 nitrogen and oxygen atoms in total. The highest BCUT2D eigenvalue weighted by Crippen LogP contribution is 1.98. The quantitative estimate of drug-likeness (QED) is 0.492. The molecule has 0 amide bonds. The van der Waals surface area contributed by atoms with Crippen LogP contribution in [-0.4, -0.2) is 32.2 Å². The molecule has 0 bridgehead atoms. The summed E-state index contributed by atoms with van der Waals surface area (Å²) in [6, 6.07) is 0. The van der Waals surface area contributed by atoms with Gasteiger partial charge in [0.25, 0.3) is 0 Å². The first kappa shape index (κ1) is 10.4. The van der Waals surface area contributed by atoms with Crippen molar-refractivity contribution in [2.45, 2.75) is 18.8 Å². The normalized spacial score (nSPS) is 13.0. The first-order chi connectivity index (χ1) is 5.07. The Morgan fingerprint density at radius 1 is 1.82 bits per heavy atom. The van der Waals surface area contributed by atoms with Gasteiger partial charge in [0.15, 0.2) is 0 Å². The van der Waals surface area contributed by atoms with Crippen LogP contribution in [0.1, 0.15) is 0 Å². The van der Waals surface area contributed by atoms with Crippen molar-refractivity contribution in [3.8, 4) is 0 Å². The molecule has 0 radical (unpaired) electrons. The third-order valence-electron chi connectivity index (χ3n) is 1.29. The number of rotatable bonds is 5. The zero-order chi connectivity index (χ0) is 8.85. The zero-order valence-electron chi connectivity index (χ0n) is 6.91. The molecule has 0 fully saturated rings. The maximum Gasteiger partial charge on any atom is 0.329 e. The van der Waals surface area contributed by atoms with E-state index in [0.717, 1.165) is 0 Å². The monoisotopic (exact) mass is 174 g/mol. The third kappa shape index (κ3) is 4.75. The van der Waals surface area contributed by atoms with Crippen LogP contribution in [0.4, 0.5) is 0 Å². The predicted molar refractivity (Wildman–Crippen MR) is 46.4 cm³/mol. The first-order valence-corrected chi connectivity index (χ1v) is 6.51. The number of carbonyl (C=O) groups is 1. The van der Waals surface area contributed by atoms with E-state index in [1.54, 1.807) is 6.08 Å². The molecule has 1 atom stereocenters. The lowest BCUT2D eigenvalue weighted by Crippen LogP contribution is -2.27. The van der Waals surface area contributed by atoms with Gasteiger partial charge >= 0.3 is 5.97 Å². The standard InChI is InChI=1S/C7H14O3Si/c1-4-7(11(2)3)10-5-6(8)9/h4,7,11H,1,5H2,2-3H3,(H,8,9). The highest BCUT2D eigenvalue weighted by Gasteiger charge is 2.11. The van der Waals surface area contributed by atoms with Gasteiger partial charge in [-0.05, 0) is 0 Å². The SMILES string of the molecule is C=CC(OCC(=O)O)[SiH](C)C. The zero-order valence-corrected chi connectivity index (χ0v) is 8.06. The number of carboxylic acid groups (broad SMARTS) is 1. The molecule has 1 N–H and O–H groups in total. The summed E-state index contributed by atoms with van der Waals surface area (Å²) in [7, 11) is -0.948. The molecule has 1 unspecified atom stereocenters. The maximum atomic E-state index is 10.1.